The molecule has 1 aromatic heterocycles. The molecule has 0 aliphatic carbocycles. The van der Waals surface area contributed by atoms with Crippen molar-refractivity contribution in [3.05, 3.63) is 143 Å². The van der Waals surface area contributed by atoms with E-state index in [1.54, 1.807) is 75.8 Å². The number of allylic oxidation sites excluding steroid dienone is 1. The molecule has 0 saturated carbocycles. The number of rotatable bonds is 10. The number of nitrogens with one attached hydrogen (secondary N) is 1. The first-order valence-electron chi connectivity index (χ1n) is 15.3. The molecular formula is C38H31BrN4O6S. The van der Waals surface area contributed by atoms with E-state index in [2.05, 4.69) is 27.3 Å². The van der Waals surface area contributed by atoms with E-state index in [0.717, 1.165) is 5.56 Å². The number of nitrogens with zero attached hydrogens (tertiary/aromatic N) is 3. The Hall–Kier alpha value is -5.64. The lowest BCUT2D eigenvalue weighted by molar-refractivity contribution is -0.113. The standard InChI is InChI=1S/C38H31BrN4O6S/c1-22-33(36(44)42-26-8-6-5-7-9-26)34(28-15-14-27(46-2)19-30(28)47-3)43-37(45)32(50-38(43)41-22)18-25-16-29(39)35(31(17-25)48-4)49-21-24-12-10-23(20-40)11-13-24/h5-19,34H,21H2,1-4H3,(H,42,44)/b32-18+/t34-/m0/s1. The minimum atomic E-state index is -0.850. The van der Waals surface area contributed by atoms with Crippen LogP contribution in [0.2, 0.25) is 0 Å². The molecule has 0 unspecified atom stereocenters. The van der Waals surface area contributed by atoms with Gasteiger partial charge in [-0.2, -0.15) is 5.26 Å². The second kappa shape index (κ2) is 14.9. The molecule has 5 aromatic rings. The van der Waals surface area contributed by atoms with Crippen LogP contribution in [0.4, 0.5) is 5.69 Å². The first-order valence-corrected chi connectivity index (χ1v) is 17.0. The van der Waals surface area contributed by atoms with Crippen LogP contribution in [-0.2, 0) is 11.4 Å². The smallest absolute Gasteiger partial charge is 0.271 e. The summed E-state index contributed by atoms with van der Waals surface area (Å²) >= 11 is 4.83. The van der Waals surface area contributed by atoms with Crippen molar-refractivity contribution in [2.75, 3.05) is 26.6 Å². The van der Waals surface area contributed by atoms with Crippen LogP contribution in [0.3, 0.4) is 0 Å². The fourth-order valence-electron chi connectivity index (χ4n) is 5.62. The number of anilines is 1. The average molecular weight is 752 g/mol. The third-order valence-electron chi connectivity index (χ3n) is 8.05. The Morgan fingerprint density at radius 2 is 1.74 bits per heavy atom. The summed E-state index contributed by atoms with van der Waals surface area (Å²) in [6.07, 6.45) is 1.76. The van der Waals surface area contributed by atoms with Crippen molar-refractivity contribution in [1.82, 2.24) is 4.57 Å². The predicted octanol–water partition coefficient (Wildman–Crippen LogP) is 6.11. The number of halogens is 1. The lowest BCUT2D eigenvalue weighted by Gasteiger charge is -2.26. The molecule has 1 aliphatic rings. The van der Waals surface area contributed by atoms with Crippen LogP contribution in [0.5, 0.6) is 23.0 Å². The highest BCUT2D eigenvalue weighted by Crippen LogP contribution is 2.39. The van der Waals surface area contributed by atoms with Crippen molar-refractivity contribution >= 4 is 44.9 Å². The van der Waals surface area contributed by atoms with Crippen LogP contribution >= 0.6 is 27.3 Å². The number of ether oxygens (including phenoxy) is 4. The normalized spacial score (nSPS) is 13.9. The summed E-state index contributed by atoms with van der Waals surface area (Å²) in [6, 6.07) is 26.4. The summed E-state index contributed by atoms with van der Waals surface area (Å²) in [5.41, 5.74) is 3.80. The highest BCUT2D eigenvalue weighted by atomic mass is 79.9. The molecule has 252 valence electrons. The maximum Gasteiger partial charge on any atom is 0.271 e. The number of nitriles is 1. The van der Waals surface area contributed by atoms with Crippen LogP contribution in [-0.4, -0.2) is 31.8 Å². The van der Waals surface area contributed by atoms with E-state index >= 15 is 0 Å². The molecule has 1 N–H and O–H groups in total. The number of para-hydroxylation sites is 1. The van der Waals surface area contributed by atoms with E-state index in [-0.39, 0.29) is 18.1 Å². The van der Waals surface area contributed by atoms with Crippen LogP contribution in [0.1, 0.15) is 35.2 Å². The van der Waals surface area contributed by atoms with Crippen molar-refractivity contribution in [2.24, 2.45) is 4.99 Å². The Bertz CT molecular complexity index is 2340. The number of carbonyl (C=O) groups excluding carboxylic acids is 1. The van der Waals surface area contributed by atoms with Gasteiger partial charge in [-0.15, -0.1) is 0 Å². The molecule has 1 aliphatic heterocycles. The second-order valence-electron chi connectivity index (χ2n) is 11.1. The number of carbonyl (C=O) groups is 1. The molecule has 1 atom stereocenters. The number of methoxy groups -OCH3 is 3. The number of hydrogen-bond acceptors (Lipinski definition) is 9. The average Bonchev–Trinajstić information content (AvgIpc) is 3.43. The van der Waals surface area contributed by atoms with Gasteiger partial charge in [0.05, 0.1) is 53.2 Å². The van der Waals surface area contributed by atoms with Crippen LogP contribution in [0.25, 0.3) is 6.08 Å². The maximum absolute atomic E-state index is 14.3. The minimum Gasteiger partial charge on any atom is -0.497 e. The summed E-state index contributed by atoms with van der Waals surface area (Å²) in [5.74, 6) is 1.59. The van der Waals surface area contributed by atoms with Crippen molar-refractivity contribution in [3.63, 3.8) is 0 Å². The predicted molar refractivity (Wildman–Crippen MR) is 195 cm³/mol. The van der Waals surface area contributed by atoms with Crippen LogP contribution in [0, 0.1) is 11.3 Å². The van der Waals surface area contributed by atoms with Crippen LogP contribution < -0.4 is 39.2 Å². The van der Waals surface area contributed by atoms with Gasteiger partial charge in [-0.3, -0.25) is 14.2 Å². The minimum absolute atomic E-state index is 0.257. The largest absolute Gasteiger partial charge is 0.497 e. The molecule has 0 radical (unpaired) electrons. The zero-order chi connectivity index (χ0) is 35.4. The number of benzene rings is 4. The number of amides is 1. The Morgan fingerprint density at radius 1 is 1.00 bits per heavy atom. The molecule has 0 bridgehead atoms. The highest BCUT2D eigenvalue weighted by molar-refractivity contribution is 9.10. The fourth-order valence-corrected chi connectivity index (χ4v) is 7.24. The molecule has 2 heterocycles. The monoisotopic (exact) mass is 750 g/mol. The van der Waals surface area contributed by atoms with Crippen LogP contribution in [0.15, 0.2) is 110 Å². The van der Waals surface area contributed by atoms with Gasteiger partial charge in [-0.1, -0.05) is 41.7 Å². The van der Waals surface area contributed by atoms with Gasteiger partial charge >= 0.3 is 0 Å². The Morgan fingerprint density at radius 3 is 2.42 bits per heavy atom. The molecule has 4 aromatic carbocycles. The number of aromatic nitrogens is 1. The number of hydrogen-bond donors (Lipinski definition) is 1. The molecular weight excluding hydrogens is 720 g/mol. The van der Waals surface area contributed by atoms with Crippen molar-refractivity contribution in [1.29, 1.82) is 5.26 Å². The Kier molecular flexibility index (Phi) is 10.2. The fraction of sp³-hybridized carbons (Fsp3) is 0.158. The van der Waals surface area contributed by atoms with E-state index in [4.69, 9.17) is 29.2 Å². The van der Waals surface area contributed by atoms with E-state index in [1.807, 2.05) is 36.4 Å². The zero-order valence-electron chi connectivity index (χ0n) is 27.5. The molecule has 50 heavy (non-hydrogen) atoms. The van der Waals surface area contributed by atoms with E-state index in [9.17, 15) is 9.59 Å². The van der Waals surface area contributed by atoms with Gasteiger partial charge in [0.1, 0.15) is 24.1 Å². The summed E-state index contributed by atoms with van der Waals surface area (Å²) in [5, 5.41) is 12.0. The molecule has 10 nitrogen and oxygen atoms in total. The third kappa shape index (κ3) is 6.92. The SMILES string of the molecule is COc1ccc([C@H]2C(C(=O)Nc3ccccc3)=C(C)N=c3s/c(=C/c4cc(Br)c(OCc5ccc(C#N)cc5)c(OC)c4)c(=O)n32)c(OC)c1. The first kappa shape index (κ1) is 34.2. The van der Waals surface area contributed by atoms with Gasteiger partial charge in [-0.05, 0) is 88.6 Å². The quantitative estimate of drug-likeness (QED) is 0.183. The number of thiazole rings is 1. The Balaban J connectivity index is 1.42. The van der Waals surface area contributed by atoms with Crippen molar-refractivity contribution in [3.8, 4) is 29.1 Å². The lowest BCUT2D eigenvalue weighted by Crippen LogP contribution is -2.40. The highest BCUT2D eigenvalue weighted by Gasteiger charge is 2.34. The van der Waals surface area contributed by atoms with Gasteiger partial charge in [0.25, 0.3) is 11.5 Å². The van der Waals surface area contributed by atoms with Gasteiger partial charge in [0.15, 0.2) is 16.3 Å². The molecule has 6 rings (SSSR count). The summed E-state index contributed by atoms with van der Waals surface area (Å²) in [4.78, 5) is 33.5. The molecule has 0 saturated heterocycles. The second-order valence-corrected chi connectivity index (χ2v) is 13.0. The number of fused-ring (bicyclic) bond motifs is 1. The van der Waals surface area contributed by atoms with Crippen molar-refractivity contribution in [2.45, 2.75) is 19.6 Å². The van der Waals surface area contributed by atoms with Crippen molar-refractivity contribution < 1.29 is 23.7 Å². The topological polar surface area (TPSA) is 124 Å². The molecule has 0 fully saturated rings. The molecule has 12 heteroatoms. The Labute approximate surface area is 300 Å². The summed E-state index contributed by atoms with van der Waals surface area (Å²) < 4.78 is 25.5. The van der Waals surface area contributed by atoms with Gasteiger partial charge < -0.3 is 24.3 Å². The molecule has 1 amide bonds. The summed E-state index contributed by atoms with van der Waals surface area (Å²) in [6.45, 7) is 2.02. The van der Waals surface area contributed by atoms with Gasteiger partial charge in [0.2, 0.25) is 0 Å². The lowest BCUT2D eigenvalue weighted by atomic mass is 9.94. The van der Waals surface area contributed by atoms with E-state index in [1.165, 1.54) is 23.0 Å². The van der Waals surface area contributed by atoms with Gasteiger partial charge in [-0.25, -0.2) is 4.99 Å². The summed E-state index contributed by atoms with van der Waals surface area (Å²) in [7, 11) is 4.63. The zero-order valence-corrected chi connectivity index (χ0v) is 29.9. The first-order chi connectivity index (χ1) is 24.2. The van der Waals surface area contributed by atoms with Gasteiger partial charge in [0, 0.05) is 17.3 Å². The van der Waals surface area contributed by atoms with E-state index < -0.39 is 6.04 Å². The van der Waals surface area contributed by atoms with E-state index in [0.29, 0.717) is 70.5 Å². The molecule has 0 spiro atoms. The maximum atomic E-state index is 14.3. The third-order valence-corrected chi connectivity index (χ3v) is 9.62.